The number of aliphatic carboxylic acids is 1. The number of carboxylic acids is 1. The van der Waals surface area contributed by atoms with Gasteiger partial charge in [-0.25, -0.2) is 24.0 Å². The molecule has 1 fully saturated rings. The van der Waals surface area contributed by atoms with Gasteiger partial charge in [-0.3, -0.25) is 0 Å². The first-order valence-corrected chi connectivity index (χ1v) is 10.1. The molecular formula is C21H28N3O8+. The van der Waals surface area contributed by atoms with Crippen LogP contribution in [0.15, 0.2) is 30.3 Å². The second kappa shape index (κ2) is 10.9. The normalized spacial score (nSPS) is 22.3. The number of carboxylic acid groups (broad SMARTS) is 1. The summed E-state index contributed by atoms with van der Waals surface area (Å²) in [5.74, 6) is -4.31. The lowest BCUT2D eigenvalue weighted by molar-refractivity contribution is -0.718. The zero-order valence-corrected chi connectivity index (χ0v) is 18.0. The van der Waals surface area contributed by atoms with Gasteiger partial charge in [-0.1, -0.05) is 30.3 Å². The summed E-state index contributed by atoms with van der Waals surface area (Å²) in [6, 6.07) is 6.10. The summed E-state index contributed by atoms with van der Waals surface area (Å²) in [6.07, 6.45) is -2.51. The molecule has 0 saturated carbocycles. The SMILES string of the molecule is COC1CC(=O)[N+](C(=O)[C@H](C)N)([C@@H](CCCNC(=O)OCc2ccccc2)C(=O)O)C1=O. The number of hydrogen-bond acceptors (Lipinski definition) is 8. The lowest BCUT2D eigenvalue weighted by atomic mass is 10.0. The third-order valence-corrected chi connectivity index (χ3v) is 5.29. The van der Waals surface area contributed by atoms with Crippen LogP contribution in [0.1, 0.15) is 31.7 Å². The van der Waals surface area contributed by atoms with E-state index in [1.165, 1.54) is 14.0 Å². The van der Waals surface area contributed by atoms with Gasteiger partial charge in [0.1, 0.15) is 19.1 Å². The maximum atomic E-state index is 12.9. The van der Waals surface area contributed by atoms with Gasteiger partial charge in [0.15, 0.2) is 6.10 Å². The van der Waals surface area contributed by atoms with Crippen molar-refractivity contribution in [3.63, 3.8) is 0 Å². The van der Waals surface area contributed by atoms with E-state index in [1.54, 1.807) is 24.3 Å². The number of nitrogens with zero attached hydrogens (tertiary/aromatic N) is 1. The van der Waals surface area contributed by atoms with E-state index < -0.39 is 58.9 Å². The van der Waals surface area contributed by atoms with E-state index in [-0.39, 0.29) is 26.0 Å². The molecule has 11 heteroatoms. The zero-order valence-electron chi connectivity index (χ0n) is 18.0. The van der Waals surface area contributed by atoms with Crippen LogP contribution in [0.3, 0.4) is 0 Å². The van der Waals surface area contributed by atoms with E-state index in [0.29, 0.717) is 0 Å². The summed E-state index contributed by atoms with van der Waals surface area (Å²) in [6.45, 7) is 1.36. The quantitative estimate of drug-likeness (QED) is 0.259. The number of carbonyl (C=O) groups is 5. The minimum atomic E-state index is -1.68. The van der Waals surface area contributed by atoms with Crippen LogP contribution in [0.25, 0.3) is 0 Å². The molecule has 0 bridgehead atoms. The fourth-order valence-electron chi connectivity index (χ4n) is 3.70. The number of ether oxygens (including phenoxy) is 2. The Bertz CT molecular complexity index is 873. The number of nitrogens with one attached hydrogen (secondary N) is 1. The number of benzene rings is 1. The van der Waals surface area contributed by atoms with Crippen molar-refractivity contribution in [3.8, 4) is 0 Å². The first-order chi connectivity index (χ1) is 15.2. The van der Waals surface area contributed by atoms with Crippen molar-refractivity contribution in [1.82, 2.24) is 5.32 Å². The van der Waals surface area contributed by atoms with E-state index in [2.05, 4.69) is 5.32 Å². The van der Waals surface area contributed by atoms with E-state index in [4.69, 9.17) is 15.2 Å². The number of alkyl carbamates (subject to hydrolysis) is 1. The molecule has 1 aliphatic heterocycles. The predicted octanol–water partition coefficient (Wildman–Crippen LogP) is 0.309. The van der Waals surface area contributed by atoms with Crippen molar-refractivity contribution in [2.75, 3.05) is 13.7 Å². The van der Waals surface area contributed by atoms with Gasteiger partial charge in [0.2, 0.25) is 6.04 Å². The summed E-state index contributed by atoms with van der Waals surface area (Å²) in [4.78, 5) is 62.4. The number of imide groups is 3. The molecule has 0 spiro atoms. The van der Waals surface area contributed by atoms with Crippen molar-refractivity contribution >= 4 is 29.8 Å². The molecule has 0 radical (unpaired) electrons. The summed E-state index contributed by atoms with van der Waals surface area (Å²) in [5.41, 5.74) is 6.45. The van der Waals surface area contributed by atoms with E-state index in [9.17, 15) is 29.1 Å². The molecule has 4 atom stereocenters. The third-order valence-electron chi connectivity index (χ3n) is 5.29. The zero-order chi connectivity index (χ0) is 23.9. The van der Waals surface area contributed by atoms with Crippen LogP contribution in [0.2, 0.25) is 0 Å². The van der Waals surface area contributed by atoms with Crippen molar-refractivity contribution in [2.45, 2.75) is 51.0 Å². The molecule has 1 aromatic carbocycles. The Morgan fingerprint density at radius 1 is 1.25 bits per heavy atom. The maximum absolute atomic E-state index is 12.9. The number of likely N-dealkylation sites (tertiary alicyclic amines) is 1. The number of carbonyl (C=O) groups excluding carboxylic acids is 4. The molecule has 32 heavy (non-hydrogen) atoms. The number of rotatable bonds is 10. The monoisotopic (exact) mass is 450 g/mol. The molecule has 2 rings (SSSR count). The molecule has 0 aromatic heterocycles. The molecular weight excluding hydrogens is 422 g/mol. The standard InChI is InChI=1S/C21H27N3O8/c1-13(22)18(26)24(17(25)11-16(31-2)19(24)27)15(20(28)29)9-6-10-23-21(30)32-12-14-7-4-3-5-8-14/h3-5,7-8,13,15-16H,6,9-12,22H2,1-2H3,(H-,23,28,29,30)/p+1/t13-,15-,16?,24?/m0/s1. The van der Waals surface area contributed by atoms with Gasteiger partial charge in [0, 0.05) is 20.1 Å². The smallest absolute Gasteiger partial charge is 0.407 e. The second-order valence-electron chi connectivity index (χ2n) is 7.49. The molecule has 1 saturated heterocycles. The molecule has 1 heterocycles. The molecule has 174 valence electrons. The number of quaternary nitrogens is 1. The average molecular weight is 450 g/mol. The molecule has 2 unspecified atom stereocenters. The lowest BCUT2D eigenvalue weighted by Crippen LogP contribution is -2.69. The van der Waals surface area contributed by atoms with Gasteiger partial charge in [0.25, 0.3) is 0 Å². The van der Waals surface area contributed by atoms with Crippen LogP contribution in [0, 0.1) is 0 Å². The summed E-state index contributed by atoms with van der Waals surface area (Å²) in [5, 5.41) is 12.3. The second-order valence-corrected chi connectivity index (χ2v) is 7.49. The number of hydrogen-bond donors (Lipinski definition) is 3. The highest BCUT2D eigenvalue weighted by Gasteiger charge is 2.67. The highest BCUT2D eigenvalue weighted by atomic mass is 16.5. The summed E-state index contributed by atoms with van der Waals surface area (Å²) < 4.78 is 8.53. The Labute approximate surface area is 185 Å². The highest BCUT2D eigenvalue weighted by molar-refractivity contribution is 6.08. The van der Waals surface area contributed by atoms with Gasteiger partial charge in [-0.2, -0.15) is 0 Å². The van der Waals surface area contributed by atoms with Gasteiger partial charge < -0.3 is 25.6 Å². The van der Waals surface area contributed by atoms with Crippen LogP contribution in [0.4, 0.5) is 4.79 Å². The van der Waals surface area contributed by atoms with Crippen molar-refractivity contribution in [1.29, 1.82) is 0 Å². The fraction of sp³-hybridized carbons (Fsp3) is 0.476. The van der Waals surface area contributed by atoms with Crippen LogP contribution in [-0.4, -0.2) is 71.2 Å². The predicted molar refractivity (Wildman–Crippen MR) is 110 cm³/mol. The fourth-order valence-corrected chi connectivity index (χ4v) is 3.70. The Kier molecular flexibility index (Phi) is 8.58. The summed E-state index contributed by atoms with van der Waals surface area (Å²) in [7, 11) is 1.20. The van der Waals surface area contributed by atoms with Gasteiger partial charge in [0.05, 0.1) is 0 Å². The third kappa shape index (κ3) is 5.18. The minimum absolute atomic E-state index is 0.0137. The highest BCUT2D eigenvalue weighted by Crippen LogP contribution is 2.32. The molecule has 11 nitrogen and oxygen atoms in total. The van der Waals surface area contributed by atoms with Crippen molar-refractivity contribution < 1.29 is 43.0 Å². The lowest BCUT2D eigenvalue weighted by Gasteiger charge is -2.33. The molecule has 4 amide bonds. The largest absolute Gasteiger partial charge is 0.477 e. The van der Waals surface area contributed by atoms with Gasteiger partial charge in [-0.15, -0.1) is 4.48 Å². The first kappa shape index (κ1) is 25.1. The Hall–Kier alpha value is -3.15. The van der Waals surface area contributed by atoms with Crippen LogP contribution >= 0.6 is 0 Å². The van der Waals surface area contributed by atoms with E-state index in [1.807, 2.05) is 6.07 Å². The van der Waals surface area contributed by atoms with Gasteiger partial charge in [-0.05, 0) is 18.9 Å². The van der Waals surface area contributed by atoms with Gasteiger partial charge >= 0.3 is 29.8 Å². The van der Waals surface area contributed by atoms with Crippen LogP contribution in [-0.2, 0) is 35.3 Å². The molecule has 4 N–H and O–H groups in total. The Morgan fingerprint density at radius 3 is 2.44 bits per heavy atom. The topological polar surface area (TPSA) is 162 Å². The number of amides is 4. The van der Waals surface area contributed by atoms with E-state index >= 15 is 0 Å². The first-order valence-electron chi connectivity index (χ1n) is 10.1. The van der Waals surface area contributed by atoms with Crippen molar-refractivity contribution in [2.24, 2.45) is 5.73 Å². The molecule has 1 aliphatic rings. The minimum Gasteiger partial charge on any atom is -0.477 e. The van der Waals surface area contributed by atoms with Crippen LogP contribution in [0.5, 0.6) is 0 Å². The van der Waals surface area contributed by atoms with Crippen LogP contribution < -0.4 is 11.1 Å². The summed E-state index contributed by atoms with van der Waals surface area (Å²) >= 11 is 0. The number of nitrogens with two attached hydrogens (primary N) is 1. The van der Waals surface area contributed by atoms with Crippen molar-refractivity contribution in [3.05, 3.63) is 35.9 Å². The Balaban J connectivity index is 2.05. The molecule has 1 aromatic rings. The van der Waals surface area contributed by atoms with E-state index in [0.717, 1.165) is 5.56 Å². The average Bonchev–Trinajstić information content (AvgIpc) is 3.02. The Morgan fingerprint density at radius 2 is 1.91 bits per heavy atom. The molecule has 0 aliphatic carbocycles. The number of methoxy groups -OCH3 is 1. The maximum Gasteiger partial charge on any atom is 0.407 e.